The molecule has 0 radical (unpaired) electrons. The summed E-state index contributed by atoms with van der Waals surface area (Å²) in [7, 11) is 0. The van der Waals surface area contributed by atoms with Crippen LogP contribution in [0.4, 0.5) is 8.78 Å². The van der Waals surface area contributed by atoms with Crippen LogP contribution >= 0.6 is 11.3 Å². The minimum atomic E-state index is -0.601. The number of aryl methyl sites for hydroxylation is 1. The molecule has 3 aromatic rings. The SMILES string of the molecule is Cc1cc(C(N)c2csc3ccccc23)c(F)cc1F. The first-order chi connectivity index (χ1) is 9.58. The van der Waals surface area contributed by atoms with E-state index in [0.29, 0.717) is 11.1 Å². The highest BCUT2D eigenvalue weighted by Crippen LogP contribution is 2.33. The van der Waals surface area contributed by atoms with Crippen LogP contribution in [0.5, 0.6) is 0 Å². The van der Waals surface area contributed by atoms with Crippen LogP contribution in [0.15, 0.2) is 41.8 Å². The van der Waals surface area contributed by atoms with Crippen molar-refractivity contribution >= 4 is 21.4 Å². The summed E-state index contributed by atoms with van der Waals surface area (Å²) < 4.78 is 28.4. The Morgan fingerprint density at radius 2 is 1.80 bits per heavy atom. The van der Waals surface area contributed by atoms with E-state index in [1.165, 1.54) is 6.07 Å². The van der Waals surface area contributed by atoms with Crippen LogP contribution in [0.3, 0.4) is 0 Å². The first-order valence-electron chi connectivity index (χ1n) is 6.25. The van der Waals surface area contributed by atoms with Crippen molar-refractivity contribution < 1.29 is 8.78 Å². The highest BCUT2D eigenvalue weighted by atomic mass is 32.1. The normalized spacial score (nSPS) is 12.8. The van der Waals surface area contributed by atoms with Crippen LogP contribution in [0.1, 0.15) is 22.7 Å². The summed E-state index contributed by atoms with van der Waals surface area (Å²) in [5, 5.41) is 2.96. The first-order valence-corrected chi connectivity index (χ1v) is 7.13. The monoisotopic (exact) mass is 289 g/mol. The van der Waals surface area contributed by atoms with Gasteiger partial charge in [0.15, 0.2) is 0 Å². The number of hydrogen-bond donors (Lipinski definition) is 1. The summed E-state index contributed by atoms with van der Waals surface area (Å²) in [4.78, 5) is 0. The lowest BCUT2D eigenvalue weighted by molar-refractivity contribution is 0.561. The van der Waals surface area contributed by atoms with Gasteiger partial charge in [0.1, 0.15) is 11.6 Å². The number of rotatable bonds is 2. The summed E-state index contributed by atoms with van der Waals surface area (Å²) in [5.74, 6) is -1.15. The Morgan fingerprint density at radius 3 is 2.60 bits per heavy atom. The number of halogens is 2. The lowest BCUT2D eigenvalue weighted by atomic mass is 9.97. The number of nitrogens with two attached hydrogens (primary N) is 1. The second kappa shape index (κ2) is 4.96. The van der Waals surface area contributed by atoms with Gasteiger partial charge in [-0.15, -0.1) is 11.3 Å². The van der Waals surface area contributed by atoms with Crippen LogP contribution in [0.2, 0.25) is 0 Å². The lowest BCUT2D eigenvalue weighted by Gasteiger charge is -2.14. The highest BCUT2D eigenvalue weighted by molar-refractivity contribution is 7.17. The van der Waals surface area contributed by atoms with Gasteiger partial charge in [0.05, 0.1) is 6.04 Å². The third-order valence-electron chi connectivity index (χ3n) is 3.46. The molecular weight excluding hydrogens is 276 g/mol. The van der Waals surface area contributed by atoms with Crippen molar-refractivity contribution in [1.82, 2.24) is 0 Å². The topological polar surface area (TPSA) is 26.0 Å². The summed E-state index contributed by atoms with van der Waals surface area (Å²) in [6, 6.07) is 9.65. The highest BCUT2D eigenvalue weighted by Gasteiger charge is 2.18. The van der Waals surface area contributed by atoms with Crippen molar-refractivity contribution in [2.75, 3.05) is 0 Å². The standard InChI is InChI=1S/C16H13F2NS/c1-9-6-11(14(18)7-13(9)17)16(19)12-8-20-15-5-3-2-4-10(12)15/h2-8,16H,19H2,1H3. The predicted molar refractivity (Wildman–Crippen MR) is 79.0 cm³/mol. The van der Waals surface area contributed by atoms with Crippen LogP contribution in [0, 0.1) is 18.6 Å². The molecule has 1 heterocycles. The molecular formula is C16H13F2NS. The third-order valence-corrected chi connectivity index (χ3v) is 4.44. The van der Waals surface area contributed by atoms with Gasteiger partial charge in [-0.3, -0.25) is 0 Å². The maximum Gasteiger partial charge on any atom is 0.131 e. The first kappa shape index (κ1) is 13.2. The van der Waals surface area contributed by atoms with E-state index in [-0.39, 0.29) is 0 Å². The minimum Gasteiger partial charge on any atom is -0.320 e. The molecule has 4 heteroatoms. The van der Waals surface area contributed by atoms with Gasteiger partial charge in [0.2, 0.25) is 0 Å². The molecule has 0 aliphatic rings. The third kappa shape index (κ3) is 2.11. The van der Waals surface area contributed by atoms with Crippen molar-refractivity contribution in [1.29, 1.82) is 0 Å². The Hall–Kier alpha value is -1.78. The van der Waals surface area contributed by atoms with E-state index < -0.39 is 17.7 Å². The Morgan fingerprint density at radius 1 is 1.05 bits per heavy atom. The van der Waals surface area contributed by atoms with Crippen LogP contribution in [-0.2, 0) is 0 Å². The van der Waals surface area contributed by atoms with Gasteiger partial charge in [-0.25, -0.2) is 8.78 Å². The summed E-state index contributed by atoms with van der Waals surface area (Å²) in [6.45, 7) is 1.61. The molecule has 0 saturated heterocycles. The average Bonchev–Trinajstić information content (AvgIpc) is 2.86. The van der Waals surface area contributed by atoms with Crippen molar-refractivity contribution in [2.45, 2.75) is 13.0 Å². The molecule has 0 bridgehead atoms. The fourth-order valence-electron chi connectivity index (χ4n) is 2.32. The van der Waals surface area contributed by atoms with Crippen LogP contribution in [0.25, 0.3) is 10.1 Å². The molecule has 0 fully saturated rings. The molecule has 1 unspecified atom stereocenters. The predicted octanol–water partition coefficient (Wildman–Crippen LogP) is 4.54. The summed E-state index contributed by atoms with van der Waals surface area (Å²) in [6.07, 6.45) is 0. The molecule has 1 aromatic heterocycles. The van der Waals surface area contributed by atoms with Gasteiger partial charge in [-0.2, -0.15) is 0 Å². The molecule has 1 atom stereocenters. The van der Waals surface area contributed by atoms with E-state index in [2.05, 4.69) is 0 Å². The smallest absolute Gasteiger partial charge is 0.131 e. The zero-order chi connectivity index (χ0) is 14.3. The maximum absolute atomic E-state index is 14.0. The molecule has 3 rings (SSSR count). The fraction of sp³-hybridized carbons (Fsp3) is 0.125. The average molecular weight is 289 g/mol. The van der Waals surface area contributed by atoms with Crippen molar-refractivity contribution in [2.24, 2.45) is 5.73 Å². The van der Waals surface area contributed by atoms with E-state index in [1.54, 1.807) is 18.3 Å². The molecule has 0 spiro atoms. The van der Waals surface area contributed by atoms with E-state index in [4.69, 9.17) is 5.73 Å². The van der Waals surface area contributed by atoms with Crippen LogP contribution < -0.4 is 5.73 Å². The molecule has 1 nitrogen and oxygen atoms in total. The van der Waals surface area contributed by atoms with Crippen molar-refractivity contribution in [3.63, 3.8) is 0 Å². The van der Waals surface area contributed by atoms with Gasteiger partial charge in [-0.1, -0.05) is 18.2 Å². The zero-order valence-electron chi connectivity index (χ0n) is 10.9. The second-order valence-electron chi connectivity index (χ2n) is 4.79. The molecule has 0 saturated carbocycles. The van der Waals surface area contributed by atoms with Gasteiger partial charge in [0.25, 0.3) is 0 Å². The number of hydrogen-bond acceptors (Lipinski definition) is 2. The van der Waals surface area contributed by atoms with Gasteiger partial charge in [-0.05, 0) is 40.9 Å². The van der Waals surface area contributed by atoms with E-state index in [1.807, 2.05) is 29.6 Å². The van der Waals surface area contributed by atoms with E-state index in [0.717, 1.165) is 21.7 Å². The second-order valence-corrected chi connectivity index (χ2v) is 5.70. The summed E-state index contributed by atoms with van der Waals surface area (Å²) in [5.41, 5.74) is 7.79. The molecule has 2 aromatic carbocycles. The summed E-state index contributed by atoms with van der Waals surface area (Å²) >= 11 is 1.57. The zero-order valence-corrected chi connectivity index (χ0v) is 11.7. The Balaban J connectivity index is 2.13. The Kier molecular flexibility index (Phi) is 3.28. The molecule has 0 aliphatic heterocycles. The Labute approximate surface area is 119 Å². The Bertz CT molecular complexity index is 779. The quantitative estimate of drug-likeness (QED) is 0.736. The largest absolute Gasteiger partial charge is 0.320 e. The maximum atomic E-state index is 14.0. The lowest BCUT2D eigenvalue weighted by Crippen LogP contribution is -2.14. The van der Waals surface area contributed by atoms with Gasteiger partial charge >= 0.3 is 0 Å². The molecule has 102 valence electrons. The van der Waals surface area contributed by atoms with Crippen molar-refractivity contribution in [3.05, 3.63) is 70.1 Å². The van der Waals surface area contributed by atoms with Crippen LogP contribution in [-0.4, -0.2) is 0 Å². The fourth-order valence-corrected chi connectivity index (χ4v) is 3.32. The number of benzene rings is 2. The van der Waals surface area contributed by atoms with Gasteiger partial charge < -0.3 is 5.73 Å². The van der Waals surface area contributed by atoms with E-state index >= 15 is 0 Å². The number of fused-ring (bicyclic) bond motifs is 1. The number of thiophene rings is 1. The molecule has 0 aliphatic carbocycles. The molecule has 2 N–H and O–H groups in total. The van der Waals surface area contributed by atoms with E-state index in [9.17, 15) is 8.78 Å². The van der Waals surface area contributed by atoms with Crippen molar-refractivity contribution in [3.8, 4) is 0 Å². The minimum absolute atomic E-state index is 0.326. The van der Waals surface area contributed by atoms with Gasteiger partial charge in [0, 0.05) is 16.3 Å². The molecule has 0 amide bonds. The molecule has 20 heavy (non-hydrogen) atoms.